The van der Waals surface area contributed by atoms with Gasteiger partial charge in [-0.15, -0.1) is 0 Å². The summed E-state index contributed by atoms with van der Waals surface area (Å²) in [5, 5.41) is 54.5. The Hall–Kier alpha value is -1.59. The van der Waals surface area contributed by atoms with Crippen LogP contribution >= 0.6 is 0 Å². The zero-order valence-electron chi connectivity index (χ0n) is 47.9. The summed E-state index contributed by atoms with van der Waals surface area (Å²) >= 11 is 0. The van der Waals surface area contributed by atoms with E-state index in [-0.39, 0.29) is 12.5 Å². The molecule has 0 spiro atoms. The molecule has 7 unspecified atom stereocenters. The van der Waals surface area contributed by atoms with Gasteiger partial charge >= 0.3 is 0 Å². The second-order valence-electron chi connectivity index (χ2n) is 22.2. The van der Waals surface area contributed by atoms with Gasteiger partial charge in [-0.3, -0.25) is 4.79 Å². The van der Waals surface area contributed by atoms with E-state index in [2.05, 4.69) is 43.5 Å². The summed E-state index contributed by atoms with van der Waals surface area (Å²) in [7, 11) is 0. The van der Waals surface area contributed by atoms with E-state index in [1.165, 1.54) is 238 Å². The SMILES string of the molecule is CCCCCCCC/C=C/CC/C=C/CC/C=C/C(O)C(COC1OC(CO)C(O)C(O)C1O)NC(=O)CCCCCCCCCCCCCCCCCCCCCCCCCCCCCCCCCCCC. The minimum atomic E-state index is -1.57. The van der Waals surface area contributed by atoms with Crippen LogP contribution < -0.4 is 5.32 Å². The standard InChI is InChI=1S/C64H121NO8/c1-3-5-7-9-11-13-15-17-19-21-22-23-24-25-26-27-28-29-30-31-32-33-34-35-36-37-38-40-42-44-46-48-50-52-54-60(68)65-57(56-72-64-63(71)62(70)61(69)59(55-66)73-64)58(67)53-51-49-47-45-43-41-39-20-18-16-14-12-10-8-6-4-2/h18,20,43,45,51,53,57-59,61-64,66-67,69-71H,3-17,19,21-42,44,46-50,52,54-56H2,1-2H3,(H,65,68)/b20-18+,45-43+,53-51+. The molecule has 0 saturated carbocycles. The molecule has 0 aromatic rings. The van der Waals surface area contributed by atoms with Crippen molar-refractivity contribution in [2.24, 2.45) is 0 Å². The van der Waals surface area contributed by atoms with E-state index in [1.54, 1.807) is 6.08 Å². The molecule has 1 aliphatic heterocycles. The lowest BCUT2D eigenvalue weighted by molar-refractivity contribution is -0.302. The van der Waals surface area contributed by atoms with E-state index in [0.29, 0.717) is 6.42 Å². The van der Waals surface area contributed by atoms with Gasteiger partial charge in [0.05, 0.1) is 25.4 Å². The molecule has 430 valence electrons. The third kappa shape index (κ3) is 43.1. The third-order valence-electron chi connectivity index (χ3n) is 15.2. The van der Waals surface area contributed by atoms with E-state index in [0.717, 1.165) is 51.4 Å². The number of unbranched alkanes of at least 4 members (excludes halogenated alkanes) is 41. The lowest BCUT2D eigenvalue weighted by Gasteiger charge is -2.40. The number of hydrogen-bond donors (Lipinski definition) is 6. The Morgan fingerprint density at radius 1 is 0.452 bits per heavy atom. The van der Waals surface area contributed by atoms with Crippen molar-refractivity contribution < 1.29 is 39.8 Å². The van der Waals surface area contributed by atoms with Crippen molar-refractivity contribution in [3.63, 3.8) is 0 Å². The predicted molar refractivity (Wildman–Crippen MR) is 309 cm³/mol. The zero-order chi connectivity index (χ0) is 52.9. The van der Waals surface area contributed by atoms with E-state index in [1.807, 2.05) is 6.08 Å². The summed E-state index contributed by atoms with van der Waals surface area (Å²) in [4.78, 5) is 13.1. The van der Waals surface area contributed by atoms with E-state index in [9.17, 15) is 30.3 Å². The Morgan fingerprint density at radius 3 is 1.15 bits per heavy atom. The highest BCUT2D eigenvalue weighted by molar-refractivity contribution is 5.76. The Kier molecular flexibility index (Phi) is 51.2. The molecule has 0 radical (unpaired) electrons. The highest BCUT2D eigenvalue weighted by Gasteiger charge is 2.44. The fourth-order valence-electron chi connectivity index (χ4n) is 10.2. The number of aliphatic hydroxyl groups is 5. The van der Waals surface area contributed by atoms with Crippen LogP contribution in [-0.2, 0) is 14.3 Å². The second kappa shape index (κ2) is 53.8. The van der Waals surface area contributed by atoms with Crippen LogP contribution in [0.2, 0.25) is 0 Å². The molecule has 1 rings (SSSR count). The minimum absolute atomic E-state index is 0.185. The van der Waals surface area contributed by atoms with Crippen molar-refractivity contribution in [2.75, 3.05) is 13.2 Å². The minimum Gasteiger partial charge on any atom is -0.394 e. The van der Waals surface area contributed by atoms with Crippen LogP contribution in [0, 0.1) is 0 Å². The summed E-state index contributed by atoms with van der Waals surface area (Å²) in [6.45, 7) is 3.78. The molecule has 7 atom stereocenters. The highest BCUT2D eigenvalue weighted by atomic mass is 16.7. The number of nitrogens with one attached hydrogen (secondary N) is 1. The Labute approximate surface area is 451 Å². The van der Waals surface area contributed by atoms with Crippen molar-refractivity contribution in [3.8, 4) is 0 Å². The van der Waals surface area contributed by atoms with Gasteiger partial charge in [0.15, 0.2) is 6.29 Å². The molecule has 0 aromatic heterocycles. The average Bonchev–Trinajstić information content (AvgIpc) is 3.39. The van der Waals surface area contributed by atoms with Gasteiger partial charge in [-0.1, -0.05) is 294 Å². The molecule has 6 N–H and O–H groups in total. The Balaban J connectivity index is 2.10. The van der Waals surface area contributed by atoms with Crippen LogP contribution in [0.5, 0.6) is 0 Å². The summed E-state index contributed by atoms with van der Waals surface area (Å²) < 4.78 is 11.3. The second-order valence-corrected chi connectivity index (χ2v) is 22.2. The number of carbonyl (C=O) groups excluding carboxylic acids is 1. The quantitative estimate of drug-likeness (QED) is 0.0261. The van der Waals surface area contributed by atoms with Crippen molar-refractivity contribution in [3.05, 3.63) is 36.5 Å². The van der Waals surface area contributed by atoms with Crippen molar-refractivity contribution in [2.45, 2.75) is 352 Å². The number of aliphatic hydroxyl groups excluding tert-OH is 5. The van der Waals surface area contributed by atoms with Crippen LogP contribution in [0.3, 0.4) is 0 Å². The molecule has 0 bridgehead atoms. The fourth-order valence-corrected chi connectivity index (χ4v) is 10.2. The average molecular weight is 1030 g/mol. The van der Waals surface area contributed by atoms with Gasteiger partial charge in [-0.2, -0.15) is 0 Å². The first kappa shape index (κ1) is 69.4. The normalized spacial score (nSPS) is 19.2. The van der Waals surface area contributed by atoms with Crippen LogP contribution in [0.4, 0.5) is 0 Å². The predicted octanol–water partition coefficient (Wildman–Crippen LogP) is 16.3. The van der Waals surface area contributed by atoms with Gasteiger partial charge in [0, 0.05) is 6.42 Å². The highest BCUT2D eigenvalue weighted by Crippen LogP contribution is 2.23. The smallest absolute Gasteiger partial charge is 0.220 e. The molecule has 0 aliphatic carbocycles. The van der Waals surface area contributed by atoms with E-state index >= 15 is 0 Å². The van der Waals surface area contributed by atoms with Crippen molar-refractivity contribution in [1.82, 2.24) is 5.32 Å². The van der Waals surface area contributed by atoms with Crippen molar-refractivity contribution in [1.29, 1.82) is 0 Å². The van der Waals surface area contributed by atoms with Crippen LogP contribution in [0.25, 0.3) is 0 Å². The number of allylic oxidation sites excluding steroid dienone is 5. The Bertz CT molecular complexity index is 1240. The molecule has 9 nitrogen and oxygen atoms in total. The van der Waals surface area contributed by atoms with Crippen LogP contribution in [-0.4, -0.2) is 87.5 Å². The maximum absolute atomic E-state index is 13.1. The van der Waals surface area contributed by atoms with Crippen LogP contribution in [0.15, 0.2) is 36.5 Å². The lowest BCUT2D eigenvalue weighted by Crippen LogP contribution is -2.60. The Morgan fingerprint density at radius 2 is 0.781 bits per heavy atom. The molecule has 1 aliphatic rings. The van der Waals surface area contributed by atoms with Gasteiger partial charge < -0.3 is 40.3 Å². The largest absolute Gasteiger partial charge is 0.394 e. The molecule has 73 heavy (non-hydrogen) atoms. The third-order valence-corrected chi connectivity index (χ3v) is 15.2. The van der Waals surface area contributed by atoms with Crippen molar-refractivity contribution >= 4 is 5.91 Å². The first-order valence-corrected chi connectivity index (χ1v) is 31.7. The zero-order valence-corrected chi connectivity index (χ0v) is 47.9. The first-order chi connectivity index (χ1) is 35.8. The number of amides is 1. The van der Waals surface area contributed by atoms with Gasteiger partial charge in [0.1, 0.15) is 24.4 Å². The first-order valence-electron chi connectivity index (χ1n) is 31.7. The maximum Gasteiger partial charge on any atom is 0.220 e. The lowest BCUT2D eigenvalue weighted by atomic mass is 9.99. The molecule has 1 saturated heterocycles. The fraction of sp³-hybridized carbons (Fsp3) is 0.891. The van der Waals surface area contributed by atoms with Gasteiger partial charge in [0.25, 0.3) is 0 Å². The number of ether oxygens (including phenoxy) is 2. The van der Waals surface area contributed by atoms with E-state index < -0.39 is 49.5 Å². The molecule has 1 heterocycles. The number of carbonyl (C=O) groups is 1. The number of hydrogen-bond acceptors (Lipinski definition) is 8. The molecule has 1 amide bonds. The molecular weight excluding hydrogens is 911 g/mol. The molecule has 0 aromatic carbocycles. The summed E-state index contributed by atoms with van der Waals surface area (Å²) in [5.74, 6) is -0.185. The van der Waals surface area contributed by atoms with Gasteiger partial charge in [-0.25, -0.2) is 0 Å². The summed E-state index contributed by atoms with van der Waals surface area (Å²) in [5.41, 5.74) is 0. The van der Waals surface area contributed by atoms with Crippen LogP contribution in [0.1, 0.15) is 309 Å². The van der Waals surface area contributed by atoms with Gasteiger partial charge in [-0.05, 0) is 44.9 Å². The summed E-state index contributed by atoms with van der Waals surface area (Å²) in [6, 6.07) is -0.826. The molecule has 1 fully saturated rings. The molecular formula is C64H121NO8. The number of rotatable bonds is 55. The van der Waals surface area contributed by atoms with E-state index in [4.69, 9.17) is 9.47 Å². The monoisotopic (exact) mass is 1030 g/mol. The summed E-state index contributed by atoms with van der Waals surface area (Å²) in [6.07, 6.45) is 63.9. The topological polar surface area (TPSA) is 149 Å². The maximum atomic E-state index is 13.1. The van der Waals surface area contributed by atoms with Gasteiger partial charge in [0.2, 0.25) is 5.91 Å². The molecule has 9 heteroatoms.